The Morgan fingerprint density at radius 2 is 1.86 bits per heavy atom. The summed E-state index contributed by atoms with van der Waals surface area (Å²) in [5.74, 6) is -5.62. The number of carbonyl (C=O) groups excluding carboxylic acids is 2. The van der Waals surface area contributed by atoms with Crippen LogP contribution in [0.4, 0.5) is 22.0 Å². The molecule has 0 radical (unpaired) electrons. The van der Waals surface area contributed by atoms with E-state index in [9.17, 15) is 40.0 Å². The van der Waals surface area contributed by atoms with Gasteiger partial charge in [-0.3, -0.25) is 19.6 Å². The van der Waals surface area contributed by atoms with Crippen molar-refractivity contribution in [1.82, 2.24) is 15.3 Å². The first-order valence-electron chi connectivity index (χ1n) is 13.4. The van der Waals surface area contributed by atoms with E-state index in [1.54, 1.807) is 18.2 Å². The van der Waals surface area contributed by atoms with E-state index in [2.05, 4.69) is 15.4 Å². The number of carbonyl (C=O) groups is 2. The minimum Gasteiger partial charge on any atom is -0.366 e. The minimum absolute atomic E-state index is 0.00124. The summed E-state index contributed by atoms with van der Waals surface area (Å²) in [5, 5.41) is 7.36. The van der Waals surface area contributed by atoms with Crippen molar-refractivity contribution in [1.29, 1.82) is 0 Å². The molecule has 1 fully saturated rings. The number of nitrogens with one attached hydrogen (secondary N) is 1. The van der Waals surface area contributed by atoms with Crippen LogP contribution in [0.5, 0.6) is 0 Å². The van der Waals surface area contributed by atoms with Crippen LogP contribution in [0.3, 0.4) is 0 Å². The normalized spacial score (nSPS) is 20.0. The minimum atomic E-state index is -4.89. The Hall–Kier alpha value is -4.40. The molecule has 15 heteroatoms. The van der Waals surface area contributed by atoms with E-state index in [0.717, 1.165) is 11.1 Å². The topological polar surface area (TPSA) is 135 Å². The highest BCUT2D eigenvalue weighted by Gasteiger charge is 2.53. The maximum absolute atomic E-state index is 14.2. The molecule has 232 valence electrons. The van der Waals surface area contributed by atoms with Crippen LogP contribution in [0.2, 0.25) is 0 Å². The second kappa shape index (κ2) is 11.9. The fourth-order valence-corrected chi connectivity index (χ4v) is 7.31. The van der Waals surface area contributed by atoms with Gasteiger partial charge in [-0.2, -0.15) is 18.3 Å². The SMILES string of the molecule is NC(=O)c1cc(-c2cccnc2[C@H](Cc2cccc(F)c2)NC(=O)CN2N=C(C(F)(F)F)C3CS(=O)(=O)CCC32)ccc1F. The first kappa shape index (κ1) is 31.0. The Labute approximate surface area is 248 Å². The number of pyridine rings is 1. The number of rotatable bonds is 8. The third kappa shape index (κ3) is 6.72. The summed E-state index contributed by atoms with van der Waals surface area (Å²) in [6, 6.07) is 10.5. The van der Waals surface area contributed by atoms with Gasteiger partial charge in [0, 0.05) is 17.7 Å². The van der Waals surface area contributed by atoms with Crippen LogP contribution < -0.4 is 11.1 Å². The quantitative estimate of drug-likeness (QED) is 0.364. The number of hydrogen-bond acceptors (Lipinski definition) is 7. The molecule has 1 saturated heterocycles. The summed E-state index contributed by atoms with van der Waals surface area (Å²) >= 11 is 0. The molecular formula is C29H26F5N5O4S. The van der Waals surface area contributed by atoms with Crippen LogP contribution in [0.25, 0.3) is 11.1 Å². The van der Waals surface area contributed by atoms with Crippen molar-refractivity contribution < 1.29 is 40.0 Å². The van der Waals surface area contributed by atoms with E-state index >= 15 is 0 Å². The van der Waals surface area contributed by atoms with Crippen LogP contribution in [-0.2, 0) is 21.1 Å². The monoisotopic (exact) mass is 635 g/mol. The highest BCUT2D eigenvalue weighted by Crippen LogP contribution is 2.37. The summed E-state index contributed by atoms with van der Waals surface area (Å²) < 4.78 is 93.8. The number of sulfone groups is 1. The summed E-state index contributed by atoms with van der Waals surface area (Å²) in [5.41, 5.74) is 5.11. The van der Waals surface area contributed by atoms with Gasteiger partial charge in [0.1, 0.15) is 23.9 Å². The number of halogens is 5. The lowest BCUT2D eigenvalue weighted by Crippen LogP contribution is -2.48. The van der Waals surface area contributed by atoms with Crippen LogP contribution in [0.15, 0.2) is 65.9 Å². The first-order valence-corrected chi connectivity index (χ1v) is 15.2. The van der Waals surface area contributed by atoms with E-state index < -0.39 is 75.5 Å². The third-order valence-corrected chi connectivity index (χ3v) is 9.29. The van der Waals surface area contributed by atoms with Crippen molar-refractivity contribution in [2.75, 3.05) is 18.1 Å². The van der Waals surface area contributed by atoms with Gasteiger partial charge in [0.05, 0.1) is 34.8 Å². The van der Waals surface area contributed by atoms with E-state index in [4.69, 9.17) is 5.73 Å². The molecule has 2 aliphatic heterocycles. The Morgan fingerprint density at radius 1 is 1.09 bits per heavy atom. The van der Waals surface area contributed by atoms with Crippen molar-refractivity contribution in [3.63, 3.8) is 0 Å². The lowest BCUT2D eigenvalue weighted by molar-refractivity contribution is -0.123. The standard InChI is InChI=1S/C29H26F5N5O4S/c30-18-4-1-3-16(11-18)12-23(26-19(5-2-9-36-26)17-6-7-22(31)20(13-17)28(35)41)37-25(40)14-39-24-8-10-44(42,43)15-21(24)27(38-39)29(32,33)34/h1-7,9,11,13,21,23-24H,8,10,12,14-15H2,(H2,35,41)(H,37,40)/t21?,23-,24?/m0/s1. The summed E-state index contributed by atoms with van der Waals surface area (Å²) in [6.07, 6.45) is -3.59. The Morgan fingerprint density at radius 3 is 2.57 bits per heavy atom. The van der Waals surface area contributed by atoms with Crippen molar-refractivity contribution in [3.05, 3.63) is 89.2 Å². The summed E-state index contributed by atoms with van der Waals surface area (Å²) in [6.45, 7) is -0.620. The lowest BCUT2D eigenvalue weighted by atomic mass is 9.94. The van der Waals surface area contributed by atoms with Crippen molar-refractivity contribution in [2.24, 2.45) is 16.8 Å². The number of primary amides is 1. The molecule has 44 heavy (non-hydrogen) atoms. The van der Waals surface area contributed by atoms with Crippen molar-refractivity contribution in [2.45, 2.75) is 31.1 Å². The Bertz CT molecular complexity index is 1750. The predicted molar refractivity (Wildman–Crippen MR) is 150 cm³/mol. The summed E-state index contributed by atoms with van der Waals surface area (Å²) in [7, 11) is -3.72. The zero-order chi connectivity index (χ0) is 31.8. The molecule has 2 amide bonds. The molecule has 9 nitrogen and oxygen atoms in total. The molecule has 0 saturated carbocycles. The van der Waals surface area contributed by atoms with E-state index in [1.807, 2.05) is 0 Å². The maximum atomic E-state index is 14.2. The number of hydrazone groups is 1. The lowest BCUT2D eigenvalue weighted by Gasteiger charge is -2.31. The first-order chi connectivity index (χ1) is 20.7. The van der Waals surface area contributed by atoms with Gasteiger partial charge in [0.15, 0.2) is 9.84 Å². The fourth-order valence-electron chi connectivity index (χ4n) is 5.62. The second-order valence-electron chi connectivity index (χ2n) is 10.6. The molecule has 5 rings (SSSR count). The van der Waals surface area contributed by atoms with Crippen LogP contribution in [-0.4, -0.2) is 66.2 Å². The number of nitrogens with two attached hydrogens (primary N) is 1. The number of aromatic nitrogens is 1. The van der Waals surface area contributed by atoms with Gasteiger partial charge in [-0.25, -0.2) is 17.2 Å². The molecule has 3 aromatic rings. The highest BCUT2D eigenvalue weighted by molar-refractivity contribution is 7.91. The van der Waals surface area contributed by atoms with Gasteiger partial charge >= 0.3 is 6.18 Å². The molecule has 0 bridgehead atoms. The molecule has 2 aromatic carbocycles. The number of nitrogens with zero attached hydrogens (tertiary/aromatic N) is 3. The molecule has 3 atom stereocenters. The molecule has 2 aliphatic rings. The zero-order valence-electron chi connectivity index (χ0n) is 22.9. The van der Waals surface area contributed by atoms with Gasteiger partial charge < -0.3 is 11.1 Å². The Kier molecular flexibility index (Phi) is 8.42. The van der Waals surface area contributed by atoms with Crippen LogP contribution in [0.1, 0.15) is 34.1 Å². The van der Waals surface area contributed by atoms with E-state index in [0.29, 0.717) is 16.7 Å². The molecule has 0 spiro atoms. The van der Waals surface area contributed by atoms with Crippen LogP contribution in [0, 0.1) is 17.6 Å². The van der Waals surface area contributed by atoms with Crippen molar-refractivity contribution >= 4 is 27.4 Å². The second-order valence-corrected chi connectivity index (χ2v) is 12.8. The summed E-state index contributed by atoms with van der Waals surface area (Å²) in [4.78, 5) is 29.6. The van der Waals surface area contributed by atoms with Gasteiger partial charge in [0.25, 0.3) is 5.91 Å². The van der Waals surface area contributed by atoms with Gasteiger partial charge in [0.2, 0.25) is 5.91 Å². The molecule has 3 heterocycles. The molecular weight excluding hydrogens is 609 g/mol. The number of amides is 2. The third-order valence-electron chi connectivity index (χ3n) is 7.56. The fraction of sp³-hybridized carbons (Fsp3) is 0.310. The van der Waals surface area contributed by atoms with Gasteiger partial charge in [-0.15, -0.1) is 0 Å². The number of fused-ring (bicyclic) bond motifs is 1. The molecule has 2 unspecified atom stereocenters. The average molecular weight is 636 g/mol. The molecule has 3 N–H and O–H groups in total. The van der Waals surface area contributed by atoms with Crippen LogP contribution >= 0.6 is 0 Å². The smallest absolute Gasteiger partial charge is 0.366 e. The van der Waals surface area contributed by atoms with Gasteiger partial charge in [-0.1, -0.05) is 24.3 Å². The number of benzene rings is 2. The molecule has 0 aliphatic carbocycles. The molecule has 1 aromatic heterocycles. The van der Waals surface area contributed by atoms with Gasteiger partial charge in [-0.05, 0) is 54.3 Å². The van der Waals surface area contributed by atoms with Crippen molar-refractivity contribution in [3.8, 4) is 11.1 Å². The zero-order valence-corrected chi connectivity index (χ0v) is 23.7. The number of alkyl halides is 3. The number of hydrogen-bond donors (Lipinski definition) is 2. The highest BCUT2D eigenvalue weighted by atomic mass is 32.2. The van der Waals surface area contributed by atoms with E-state index in [-0.39, 0.29) is 29.9 Å². The predicted octanol–water partition coefficient (Wildman–Crippen LogP) is 3.56. The van der Waals surface area contributed by atoms with E-state index in [1.165, 1.54) is 36.5 Å². The largest absolute Gasteiger partial charge is 0.431 e. The Balaban J connectivity index is 1.47. The maximum Gasteiger partial charge on any atom is 0.431 e. The average Bonchev–Trinajstić information content (AvgIpc) is 3.29.